The third kappa shape index (κ3) is 3.49. The maximum absolute atomic E-state index is 12.8. The number of amides is 1. The second-order valence-corrected chi connectivity index (χ2v) is 7.74. The van der Waals surface area contributed by atoms with Gasteiger partial charge in [0.1, 0.15) is 11.5 Å². The summed E-state index contributed by atoms with van der Waals surface area (Å²) in [7, 11) is 0. The molecule has 1 amide bonds. The zero-order valence-corrected chi connectivity index (χ0v) is 16.6. The van der Waals surface area contributed by atoms with Gasteiger partial charge in [-0.05, 0) is 36.2 Å². The van der Waals surface area contributed by atoms with E-state index in [1.165, 1.54) is 12.3 Å². The molecule has 1 N–H and O–H groups in total. The Balaban J connectivity index is 1.43. The van der Waals surface area contributed by atoms with E-state index >= 15 is 0 Å². The van der Waals surface area contributed by atoms with E-state index in [9.17, 15) is 18.0 Å². The van der Waals surface area contributed by atoms with E-state index in [0.29, 0.717) is 24.2 Å². The van der Waals surface area contributed by atoms with Gasteiger partial charge in [0, 0.05) is 48.7 Å². The molecule has 0 saturated carbocycles. The molecular formula is C22H18F3N5O. The predicted octanol–water partition coefficient (Wildman–Crippen LogP) is 3.67. The number of hydrogen-bond acceptors (Lipinski definition) is 5. The molecule has 0 atom stereocenters. The van der Waals surface area contributed by atoms with Crippen molar-refractivity contribution >= 4 is 11.7 Å². The fraction of sp³-hybridized carbons (Fsp3) is 0.273. The normalized spacial score (nSPS) is 15.5. The molecule has 158 valence electrons. The van der Waals surface area contributed by atoms with E-state index in [2.05, 4.69) is 20.2 Å². The van der Waals surface area contributed by atoms with Crippen LogP contribution in [0.15, 0.2) is 36.7 Å². The zero-order valence-electron chi connectivity index (χ0n) is 16.6. The van der Waals surface area contributed by atoms with E-state index in [4.69, 9.17) is 4.98 Å². The average Bonchev–Trinajstić information content (AvgIpc) is 3.11. The van der Waals surface area contributed by atoms with Crippen LogP contribution in [0.4, 0.5) is 19.0 Å². The number of halogens is 3. The van der Waals surface area contributed by atoms with E-state index in [0.717, 1.165) is 52.9 Å². The second-order valence-electron chi connectivity index (χ2n) is 7.74. The fourth-order valence-corrected chi connectivity index (χ4v) is 4.05. The summed E-state index contributed by atoms with van der Waals surface area (Å²) >= 11 is 0. The Hall–Kier alpha value is -3.49. The number of aromatic nitrogens is 3. The Kier molecular flexibility index (Phi) is 4.42. The lowest BCUT2D eigenvalue weighted by atomic mass is 10.0. The summed E-state index contributed by atoms with van der Waals surface area (Å²) in [6, 6.07) is 6.22. The van der Waals surface area contributed by atoms with E-state index in [1.54, 1.807) is 6.20 Å². The van der Waals surface area contributed by atoms with Crippen LogP contribution in [-0.4, -0.2) is 27.4 Å². The van der Waals surface area contributed by atoms with Crippen molar-refractivity contribution in [2.24, 2.45) is 0 Å². The van der Waals surface area contributed by atoms with Gasteiger partial charge in [-0.1, -0.05) is 6.07 Å². The van der Waals surface area contributed by atoms with Gasteiger partial charge in [0.15, 0.2) is 0 Å². The van der Waals surface area contributed by atoms with Gasteiger partial charge in [0.2, 0.25) is 0 Å². The molecule has 5 heterocycles. The zero-order chi connectivity index (χ0) is 21.8. The number of nitrogens with one attached hydrogen (secondary N) is 1. The summed E-state index contributed by atoms with van der Waals surface area (Å²) in [5.41, 5.74) is 4.65. The number of nitrogens with zero attached hydrogens (tertiary/aromatic N) is 4. The van der Waals surface area contributed by atoms with Crippen molar-refractivity contribution in [1.29, 1.82) is 0 Å². The maximum Gasteiger partial charge on any atom is 0.433 e. The van der Waals surface area contributed by atoms with Crippen molar-refractivity contribution in [2.75, 3.05) is 11.4 Å². The lowest BCUT2D eigenvalue weighted by Gasteiger charge is -2.31. The lowest BCUT2D eigenvalue weighted by Crippen LogP contribution is -2.32. The minimum absolute atomic E-state index is 0.0971. The van der Waals surface area contributed by atoms with Gasteiger partial charge in [0.05, 0.1) is 17.8 Å². The van der Waals surface area contributed by atoms with Crippen molar-refractivity contribution in [2.45, 2.75) is 32.6 Å². The fourth-order valence-electron chi connectivity index (χ4n) is 4.05. The van der Waals surface area contributed by atoms with Crippen molar-refractivity contribution < 1.29 is 18.0 Å². The minimum Gasteiger partial charge on any atom is -0.352 e. The van der Waals surface area contributed by atoms with Gasteiger partial charge in [-0.3, -0.25) is 14.8 Å². The summed E-state index contributed by atoms with van der Waals surface area (Å²) in [4.78, 5) is 26.8. The van der Waals surface area contributed by atoms with Gasteiger partial charge in [-0.2, -0.15) is 13.2 Å². The number of fused-ring (bicyclic) bond motifs is 2. The molecule has 2 aliphatic heterocycles. The summed E-state index contributed by atoms with van der Waals surface area (Å²) < 4.78 is 38.3. The van der Waals surface area contributed by atoms with Crippen LogP contribution in [0.25, 0.3) is 11.1 Å². The number of rotatable bonds is 2. The smallest absolute Gasteiger partial charge is 0.352 e. The largest absolute Gasteiger partial charge is 0.433 e. The van der Waals surface area contributed by atoms with Crippen LogP contribution in [0.3, 0.4) is 0 Å². The quantitative estimate of drug-likeness (QED) is 0.679. The first-order chi connectivity index (χ1) is 14.8. The molecule has 0 fully saturated rings. The van der Waals surface area contributed by atoms with E-state index in [1.807, 2.05) is 19.1 Å². The van der Waals surface area contributed by atoms with Gasteiger partial charge < -0.3 is 10.2 Å². The van der Waals surface area contributed by atoms with Crippen molar-refractivity contribution in [1.82, 2.24) is 20.3 Å². The molecule has 31 heavy (non-hydrogen) atoms. The molecule has 0 saturated heterocycles. The highest BCUT2D eigenvalue weighted by atomic mass is 19.4. The predicted molar refractivity (Wildman–Crippen MR) is 107 cm³/mol. The van der Waals surface area contributed by atoms with Crippen LogP contribution in [0, 0.1) is 6.92 Å². The van der Waals surface area contributed by atoms with E-state index in [-0.39, 0.29) is 5.91 Å². The molecular weight excluding hydrogens is 407 g/mol. The SMILES string of the molecule is Cc1cc2c(nc1N1CCc3ncc(-c4ccc(C(F)(F)F)nc4)cc3C1)CNC2=O. The Bertz CT molecular complexity index is 1190. The molecule has 9 heteroatoms. The Morgan fingerprint density at radius 3 is 2.61 bits per heavy atom. The van der Waals surface area contributed by atoms with Crippen LogP contribution in [0.5, 0.6) is 0 Å². The van der Waals surface area contributed by atoms with Gasteiger partial charge >= 0.3 is 6.18 Å². The summed E-state index contributed by atoms with van der Waals surface area (Å²) in [5.74, 6) is 0.739. The molecule has 0 spiro atoms. The molecule has 3 aromatic heterocycles. The molecule has 5 rings (SSSR count). The summed E-state index contributed by atoms with van der Waals surface area (Å²) in [6.07, 6.45) is -0.831. The van der Waals surface area contributed by atoms with Crippen LogP contribution >= 0.6 is 0 Å². The number of carbonyl (C=O) groups excluding carboxylic acids is 1. The summed E-state index contributed by atoms with van der Waals surface area (Å²) in [5, 5.41) is 2.79. The number of anilines is 1. The van der Waals surface area contributed by atoms with Crippen LogP contribution < -0.4 is 10.2 Å². The Labute approximate surface area is 176 Å². The number of alkyl halides is 3. The first-order valence-corrected chi connectivity index (χ1v) is 9.84. The second kappa shape index (κ2) is 7.04. The van der Waals surface area contributed by atoms with Crippen molar-refractivity contribution in [3.05, 3.63) is 70.4 Å². The molecule has 3 aromatic rings. The number of hydrogen-bond donors (Lipinski definition) is 1. The lowest BCUT2D eigenvalue weighted by molar-refractivity contribution is -0.141. The third-order valence-electron chi connectivity index (χ3n) is 5.65. The molecule has 0 aromatic carbocycles. The van der Waals surface area contributed by atoms with Crippen LogP contribution in [0.2, 0.25) is 0 Å². The minimum atomic E-state index is -4.46. The molecule has 2 aliphatic rings. The monoisotopic (exact) mass is 425 g/mol. The van der Waals surface area contributed by atoms with Crippen LogP contribution in [-0.2, 0) is 25.7 Å². The highest BCUT2D eigenvalue weighted by Gasteiger charge is 2.32. The first kappa shape index (κ1) is 19.5. The van der Waals surface area contributed by atoms with Crippen molar-refractivity contribution in [3.63, 3.8) is 0 Å². The highest BCUT2D eigenvalue weighted by molar-refractivity contribution is 5.98. The average molecular weight is 425 g/mol. The maximum atomic E-state index is 12.8. The number of aryl methyl sites for hydroxylation is 1. The molecule has 0 unspecified atom stereocenters. The van der Waals surface area contributed by atoms with Gasteiger partial charge in [-0.15, -0.1) is 0 Å². The third-order valence-corrected chi connectivity index (χ3v) is 5.65. The van der Waals surface area contributed by atoms with Crippen molar-refractivity contribution in [3.8, 4) is 11.1 Å². The number of carbonyl (C=O) groups is 1. The highest BCUT2D eigenvalue weighted by Crippen LogP contribution is 2.31. The Morgan fingerprint density at radius 2 is 1.87 bits per heavy atom. The molecule has 6 nitrogen and oxygen atoms in total. The number of pyridine rings is 3. The first-order valence-electron chi connectivity index (χ1n) is 9.84. The van der Waals surface area contributed by atoms with Crippen LogP contribution in [0.1, 0.15) is 38.6 Å². The molecule has 0 radical (unpaired) electrons. The Morgan fingerprint density at radius 1 is 1.06 bits per heavy atom. The molecule has 0 aliphatic carbocycles. The van der Waals surface area contributed by atoms with E-state index < -0.39 is 11.9 Å². The van der Waals surface area contributed by atoms with Gasteiger partial charge in [0.25, 0.3) is 5.91 Å². The molecule has 0 bridgehead atoms. The summed E-state index contributed by atoms with van der Waals surface area (Å²) in [6.45, 7) is 3.69. The topological polar surface area (TPSA) is 71.0 Å². The van der Waals surface area contributed by atoms with Gasteiger partial charge in [-0.25, -0.2) is 4.98 Å². The standard InChI is InChI=1S/C22H18F3N5O/c1-12-6-16-18(10-28-21(16)31)29-20(12)30-5-4-17-15(11-30)7-14(9-26-17)13-2-3-19(27-8-13)22(23,24)25/h2-3,6-9H,4-5,10-11H2,1H3,(H,28,31).